The Kier molecular flexibility index (Phi) is 9.20. The lowest BCUT2D eigenvalue weighted by molar-refractivity contribution is -0.140. The van der Waals surface area contributed by atoms with Gasteiger partial charge < -0.3 is 10.2 Å². The Balaban J connectivity index is 2.17. The summed E-state index contributed by atoms with van der Waals surface area (Å²) in [5.41, 5.74) is 2.00. The van der Waals surface area contributed by atoms with E-state index in [9.17, 15) is 9.59 Å². The van der Waals surface area contributed by atoms with Crippen LogP contribution in [0.4, 0.5) is 0 Å². The first-order valence-corrected chi connectivity index (χ1v) is 10.6. The molecule has 5 heteroatoms. The zero-order chi connectivity index (χ0) is 21.2. The quantitative estimate of drug-likeness (QED) is 0.622. The fraction of sp³-hybridized carbons (Fsp3) is 0.417. The third kappa shape index (κ3) is 7.54. The topological polar surface area (TPSA) is 49.4 Å². The minimum Gasteiger partial charge on any atom is -0.354 e. The molecule has 4 nitrogen and oxygen atoms in total. The summed E-state index contributed by atoms with van der Waals surface area (Å²) in [6.45, 7) is 7.15. The maximum Gasteiger partial charge on any atom is 0.242 e. The standard InChI is InChI=1S/C24H31ClN2O2/c1-4-22(24(29)26-17-18(2)3)27(14-13-19-9-6-5-7-10-19)23(28)16-20-11-8-12-21(25)15-20/h5-12,15,18,22H,4,13-14,16-17H2,1-3H3,(H,26,29)/t22-/m0/s1. The highest BCUT2D eigenvalue weighted by Gasteiger charge is 2.28. The summed E-state index contributed by atoms with van der Waals surface area (Å²) in [5.74, 6) is 0.208. The Hall–Kier alpha value is -2.33. The van der Waals surface area contributed by atoms with Crippen LogP contribution in [0.25, 0.3) is 0 Å². The van der Waals surface area contributed by atoms with E-state index in [4.69, 9.17) is 11.6 Å². The molecule has 0 heterocycles. The van der Waals surface area contributed by atoms with Gasteiger partial charge in [0.05, 0.1) is 6.42 Å². The molecule has 0 spiro atoms. The van der Waals surface area contributed by atoms with Crippen molar-refractivity contribution in [2.24, 2.45) is 5.92 Å². The van der Waals surface area contributed by atoms with Crippen LogP contribution < -0.4 is 5.32 Å². The Morgan fingerprint density at radius 2 is 1.72 bits per heavy atom. The van der Waals surface area contributed by atoms with Crippen molar-refractivity contribution in [3.05, 3.63) is 70.7 Å². The Morgan fingerprint density at radius 3 is 2.34 bits per heavy atom. The van der Waals surface area contributed by atoms with Crippen molar-refractivity contribution >= 4 is 23.4 Å². The first-order valence-electron chi connectivity index (χ1n) is 10.3. The average molecular weight is 415 g/mol. The van der Waals surface area contributed by atoms with Crippen molar-refractivity contribution < 1.29 is 9.59 Å². The van der Waals surface area contributed by atoms with Gasteiger partial charge in [0.2, 0.25) is 11.8 Å². The number of nitrogens with one attached hydrogen (secondary N) is 1. The van der Waals surface area contributed by atoms with Crippen LogP contribution in [0.15, 0.2) is 54.6 Å². The van der Waals surface area contributed by atoms with Crippen molar-refractivity contribution in [3.8, 4) is 0 Å². The largest absolute Gasteiger partial charge is 0.354 e. The number of rotatable bonds is 10. The minimum absolute atomic E-state index is 0.0604. The van der Waals surface area contributed by atoms with E-state index in [1.165, 1.54) is 0 Å². The number of halogens is 1. The van der Waals surface area contributed by atoms with Crippen molar-refractivity contribution in [2.45, 2.75) is 46.1 Å². The summed E-state index contributed by atoms with van der Waals surface area (Å²) in [6, 6.07) is 16.9. The Morgan fingerprint density at radius 1 is 1.03 bits per heavy atom. The van der Waals surface area contributed by atoms with Gasteiger partial charge in [0.25, 0.3) is 0 Å². The van der Waals surface area contributed by atoms with E-state index in [0.717, 1.165) is 11.1 Å². The van der Waals surface area contributed by atoms with Gasteiger partial charge in [-0.15, -0.1) is 0 Å². The van der Waals surface area contributed by atoms with Crippen molar-refractivity contribution in [1.29, 1.82) is 0 Å². The molecule has 1 atom stereocenters. The SMILES string of the molecule is CC[C@@H](C(=O)NCC(C)C)N(CCc1ccccc1)C(=O)Cc1cccc(Cl)c1. The zero-order valence-corrected chi connectivity index (χ0v) is 18.3. The molecule has 29 heavy (non-hydrogen) atoms. The fourth-order valence-electron chi connectivity index (χ4n) is 3.24. The zero-order valence-electron chi connectivity index (χ0n) is 17.5. The van der Waals surface area contributed by atoms with E-state index < -0.39 is 6.04 Å². The van der Waals surface area contributed by atoms with E-state index >= 15 is 0 Å². The first kappa shape index (κ1) is 23.0. The van der Waals surface area contributed by atoms with Crippen molar-refractivity contribution in [3.63, 3.8) is 0 Å². The lowest BCUT2D eigenvalue weighted by Gasteiger charge is -2.31. The highest BCUT2D eigenvalue weighted by Crippen LogP contribution is 2.15. The summed E-state index contributed by atoms with van der Waals surface area (Å²) in [6.07, 6.45) is 1.50. The molecule has 0 unspecified atom stereocenters. The Labute approximate surface area is 179 Å². The lowest BCUT2D eigenvalue weighted by Crippen LogP contribution is -2.51. The van der Waals surface area contributed by atoms with Gasteiger partial charge in [-0.3, -0.25) is 9.59 Å². The van der Waals surface area contributed by atoms with Crippen LogP contribution >= 0.6 is 11.6 Å². The van der Waals surface area contributed by atoms with Crippen LogP contribution in [-0.2, 0) is 22.4 Å². The molecule has 2 aromatic carbocycles. The number of carbonyl (C=O) groups excluding carboxylic acids is 2. The summed E-state index contributed by atoms with van der Waals surface area (Å²) >= 11 is 6.07. The fourth-order valence-corrected chi connectivity index (χ4v) is 3.45. The van der Waals surface area contributed by atoms with E-state index in [2.05, 4.69) is 19.2 Å². The molecule has 0 radical (unpaired) electrons. The van der Waals surface area contributed by atoms with Crippen molar-refractivity contribution in [1.82, 2.24) is 10.2 Å². The molecule has 0 aliphatic carbocycles. The number of amides is 2. The number of nitrogens with zero attached hydrogens (tertiary/aromatic N) is 1. The smallest absolute Gasteiger partial charge is 0.242 e. The molecule has 0 saturated heterocycles. The third-order valence-corrected chi connectivity index (χ3v) is 5.03. The molecule has 156 valence electrons. The molecular weight excluding hydrogens is 384 g/mol. The van der Waals surface area contributed by atoms with E-state index in [-0.39, 0.29) is 18.2 Å². The molecular formula is C24H31ClN2O2. The minimum atomic E-state index is -0.482. The molecule has 0 fully saturated rings. The number of hydrogen-bond acceptors (Lipinski definition) is 2. The maximum absolute atomic E-state index is 13.2. The van der Waals surface area contributed by atoms with Crippen LogP contribution in [0, 0.1) is 5.92 Å². The van der Waals surface area contributed by atoms with Crippen LogP contribution in [0.2, 0.25) is 5.02 Å². The van der Waals surface area contributed by atoms with Crippen molar-refractivity contribution in [2.75, 3.05) is 13.1 Å². The summed E-state index contributed by atoms with van der Waals surface area (Å²) in [7, 11) is 0. The second-order valence-corrected chi connectivity index (χ2v) is 8.13. The summed E-state index contributed by atoms with van der Waals surface area (Å²) < 4.78 is 0. The van der Waals surface area contributed by atoms with Crippen LogP contribution in [0.3, 0.4) is 0 Å². The second-order valence-electron chi connectivity index (χ2n) is 7.69. The highest BCUT2D eigenvalue weighted by atomic mass is 35.5. The predicted molar refractivity (Wildman–Crippen MR) is 119 cm³/mol. The van der Waals surface area contributed by atoms with Gasteiger partial charge in [-0.1, -0.05) is 74.8 Å². The van der Waals surface area contributed by atoms with E-state index in [1.54, 1.807) is 17.0 Å². The van der Waals surface area contributed by atoms with Gasteiger partial charge in [0.1, 0.15) is 6.04 Å². The maximum atomic E-state index is 13.2. The molecule has 0 bridgehead atoms. The van der Waals surface area contributed by atoms with Gasteiger partial charge in [-0.2, -0.15) is 0 Å². The molecule has 0 aromatic heterocycles. The summed E-state index contributed by atoms with van der Waals surface area (Å²) in [5, 5.41) is 3.59. The Bertz CT molecular complexity index is 792. The molecule has 2 rings (SSSR count). The van der Waals surface area contributed by atoms with Gasteiger partial charge in [0, 0.05) is 18.1 Å². The lowest BCUT2D eigenvalue weighted by atomic mass is 10.1. The van der Waals surface area contributed by atoms with Crippen LogP contribution in [-0.4, -0.2) is 35.8 Å². The number of carbonyl (C=O) groups is 2. The van der Waals surface area contributed by atoms with E-state index in [0.29, 0.717) is 36.9 Å². The molecule has 0 aliphatic heterocycles. The molecule has 2 aromatic rings. The van der Waals surface area contributed by atoms with Gasteiger partial charge in [-0.25, -0.2) is 0 Å². The predicted octanol–water partition coefficient (Wildman–Crippen LogP) is 4.50. The van der Waals surface area contributed by atoms with Crippen LogP contribution in [0.5, 0.6) is 0 Å². The van der Waals surface area contributed by atoms with Gasteiger partial charge >= 0.3 is 0 Å². The summed E-state index contributed by atoms with van der Waals surface area (Å²) in [4.78, 5) is 27.7. The molecule has 0 saturated carbocycles. The third-order valence-electron chi connectivity index (χ3n) is 4.80. The monoisotopic (exact) mass is 414 g/mol. The van der Waals surface area contributed by atoms with E-state index in [1.807, 2.05) is 49.4 Å². The van der Waals surface area contributed by atoms with Gasteiger partial charge in [0.15, 0.2) is 0 Å². The second kappa shape index (κ2) is 11.6. The molecule has 1 N–H and O–H groups in total. The van der Waals surface area contributed by atoms with Crippen LogP contribution in [0.1, 0.15) is 38.3 Å². The number of benzene rings is 2. The first-order chi connectivity index (χ1) is 13.9. The average Bonchev–Trinajstić information content (AvgIpc) is 2.70. The van der Waals surface area contributed by atoms with Gasteiger partial charge in [-0.05, 0) is 42.0 Å². The molecule has 2 amide bonds. The normalized spacial score (nSPS) is 11.9. The highest BCUT2D eigenvalue weighted by molar-refractivity contribution is 6.30. The number of hydrogen-bond donors (Lipinski definition) is 1. The molecule has 0 aliphatic rings.